The van der Waals surface area contributed by atoms with E-state index in [2.05, 4.69) is 37.1 Å². The van der Waals surface area contributed by atoms with Crippen molar-refractivity contribution < 1.29 is 14.2 Å². The zero-order valence-electron chi connectivity index (χ0n) is 15.4. The van der Waals surface area contributed by atoms with Crippen molar-refractivity contribution in [2.45, 2.75) is 51.7 Å². The largest absolute Gasteiger partial charge is 0.493 e. The Morgan fingerprint density at radius 3 is 2.54 bits per heavy atom. The Balaban J connectivity index is 1.58. The SMILES string of the molecule is COc1cc(CNC2CCN(C(C)(C)C)CC2)cc2c1OCCO2. The molecule has 0 radical (unpaired) electrons. The predicted molar refractivity (Wildman–Crippen MR) is 95.2 cm³/mol. The van der Waals surface area contributed by atoms with Crippen LogP contribution in [0.5, 0.6) is 17.2 Å². The topological polar surface area (TPSA) is 43.0 Å². The first-order valence-electron chi connectivity index (χ1n) is 8.92. The van der Waals surface area contributed by atoms with Crippen LogP contribution < -0.4 is 19.5 Å². The monoisotopic (exact) mass is 334 g/mol. The summed E-state index contributed by atoms with van der Waals surface area (Å²) >= 11 is 0. The molecule has 0 bridgehead atoms. The van der Waals surface area contributed by atoms with Crippen molar-refractivity contribution in [3.8, 4) is 17.2 Å². The zero-order chi connectivity index (χ0) is 17.2. The van der Waals surface area contributed by atoms with Crippen molar-refractivity contribution >= 4 is 0 Å². The molecule has 0 aromatic heterocycles. The molecule has 1 N–H and O–H groups in total. The Hall–Kier alpha value is -1.46. The highest BCUT2D eigenvalue weighted by Crippen LogP contribution is 2.40. The van der Waals surface area contributed by atoms with E-state index in [9.17, 15) is 0 Å². The molecule has 5 nitrogen and oxygen atoms in total. The average Bonchev–Trinajstić information content (AvgIpc) is 2.58. The lowest BCUT2D eigenvalue weighted by molar-refractivity contribution is 0.0960. The second-order valence-electron chi connectivity index (χ2n) is 7.64. The minimum atomic E-state index is 0.272. The van der Waals surface area contributed by atoms with Crippen LogP contribution in [0, 0.1) is 0 Å². The first-order valence-corrected chi connectivity index (χ1v) is 8.92. The van der Waals surface area contributed by atoms with E-state index >= 15 is 0 Å². The molecular formula is C19H30N2O3. The van der Waals surface area contributed by atoms with Crippen LogP contribution in [-0.2, 0) is 6.54 Å². The normalized spacial score (nSPS) is 19.3. The van der Waals surface area contributed by atoms with Crippen LogP contribution in [0.1, 0.15) is 39.2 Å². The van der Waals surface area contributed by atoms with Crippen molar-refractivity contribution in [1.29, 1.82) is 0 Å². The minimum absolute atomic E-state index is 0.272. The van der Waals surface area contributed by atoms with Gasteiger partial charge in [-0.2, -0.15) is 0 Å². The third-order valence-corrected chi connectivity index (χ3v) is 4.93. The number of hydrogen-bond acceptors (Lipinski definition) is 5. The van der Waals surface area contributed by atoms with Crippen LogP contribution in [0.2, 0.25) is 0 Å². The molecule has 134 valence electrons. The van der Waals surface area contributed by atoms with Gasteiger partial charge in [0, 0.05) is 31.2 Å². The summed E-state index contributed by atoms with van der Waals surface area (Å²) in [7, 11) is 1.67. The fourth-order valence-electron chi connectivity index (χ4n) is 3.45. The Kier molecular flexibility index (Phi) is 5.21. The van der Waals surface area contributed by atoms with E-state index in [1.54, 1.807) is 7.11 Å². The fraction of sp³-hybridized carbons (Fsp3) is 0.684. The van der Waals surface area contributed by atoms with Crippen LogP contribution in [0.4, 0.5) is 0 Å². The molecule has 1 fully saturated rings. The molecule has 2 aliphatic rings. The van der Waals surface area contributed by atoms with Crippen molar-refractivity contribution in [1.82, 2.24) is 10.2 Å². The first-order chi connectivity index (χ1) is 11.5. The molecule has 5 heteroatoms. The highest BCUT2D eigenvalue weighted by Gasteiger charge is 2.26. The molecule has 3 rings (SSSR count). The van der Waals surface area contributed by atoms with E-state index in [1.807, 2.05) is 6.07 Å². The van der Waals surface area contributed by atoms with E-state index in [0.29, 0.717) is 19.3 Å². The summed E-state index contributed by atoms with van der Waals surface area (Å²) in [6.07, 6.45) is 2.39. The number of nitrogens with one attached hydrogen (secondary N) is 1. The van der Waals surface area contributed by atoms with E-state index in [4.69, 9.17) is 14.2 Å². The molecule has 1 aromatic carbocycles. The number of fused-ring (bicyclic) bond motifs is 1. The van der Waals surface area contributed by atoms with Gasteiger partial charge in [-0.05, 0) is 51.3 Å². The number of ether oxygens (including phenoxy) is 3. The second-order valence-corrected chi connectivity index (χ2v) is 7.64. The maximum Gasteiger partial charge on any atom is 0.203 e. The molecule has 0 saturated carbocycles. The van der Waals surface area contributed by atoms with E-state index < -0.39 is 0 Å². The standard InChI is InChI=1S/C19H30N2O3/c1-19(2,3)21-7-5-15(6-8-21)20-13-14-11-16(22-4)18-17(12-14)23-9-10-24-18/h11-12,15,20H,5-10,13H2,1-4H3. The molecule has 0 aliphatic carbocycles. The molecular weight excluding hydrogens is 304 g/mol. The number of nitrogens with zero attached hydrogens (tertiary/aromatic N) is 1. The van der Waals surface area contributed by atoms with Gasteiger partial charge in [0.05, 0.1) is 7.11 Å². The summed E-state index contributed by atoms with van der Waals surface area (Å²) in [5.74, 6) is 2.28. The summed E-state index contributed by atoms with van der Waals surface area (Å²) in [5.41, 5.74) is 1.45. The van der Waals surface area contributed by atoms with Gasteiger partial charge >= 0.3 is 0 Å². The number of likely N-dealkylation sites (tertiary alicyclic amines) is 1. The smallest absolute Gasteiger partial charge is 0.203 e. The summed E-state index contributed by atoms with van der Waals surface area (Å²) in [4.78, 5) is 2.57. The Morgan fingerprint density at radius 2 is 1.88 bits per heavy atom. The lowest BCUT2D eigenvalue weighted by Crippen LogP contribution is -2.49. The third kappa shape index (κ3) is 3.95. The molecule has 0 spiro atoms. The zero-order valence-corrected chi connectivity index (χ0v) is 15.4. The lowest BCUT2D eigenvalue weighted by atomic mass is 9.98. The summed E-state index contributed by atoms with van der Waals surface area (Å²) in [6, 6.07) is 4.68. The quantitative estimate of drug-likeness (QED) is 0.917. The maximum atomic E-state index is 5.71. The Bertz CT molecular complexity index is 543. The van der Waals surface area contributed by atoms with Gasteiger partial charge in [-0.15, -0.1) is 0 Å². The summed E-state index contributed by atoms with van der Waals surface area (Å²) in [5, 5.41) is 3.69. The highest BCUT2D eigenvalue weighted by atomic mass is 16.6. The van der Waals surface area contributed by atoms with Crippen molar-refractivity contribution in [2.75, 3.05) is 33.4 Å². The van der Waals surface area contributed by atoms with Gasteiger partial charge in [-0.3, -0.25) is 4.90 Å². The van der Waals surface area contributed by atoms with Gasteiger partial charge < -0.3 is 19.5 Å². The number of rotatable bonds is 4. The Labute approximate surface area is 145 Å². The predicted octanol–water partition coefficient (Wildman–Crippen LogP) is 2.82. The van der Waals surface area contributed by atoms with Crippen molar-refractivity contribution in [2.24, 2.45) is 0 Å². The van der Waals surface area contributed by atoms with Crippen LogP contribution in [0.25, 0.3) is 0 Å². The third-order valence-electron chi connectivity index (χ3n) is 4.93. The van der Waals surface area contributed by atoms with Crippen LogP contribution in [0.15, 0.2) is 12.1 Å². The van der Waals surface area contributed by atoms with Crippen LogP contribution in [-0.4, -0.2) is 49.9 Å². The molecule has 24 heavy (non-hydrogen) atoms. The summed E-state index contributed by atoms with van der Waals surface area (Å²) < 4.78 is 16.8. The Morgan fingerprint density at radius 1 is 1.17 bits per heavy atom. The molecule has 2 heterocycles. The van der Waals surface area contributed by atoms with E-state index in [-0.39, 0.29) is 5.54 Å². The van der Waals surface area contributed by atoms with E-state index in [0.717, 1.165) is 36.9 Å². The van der Waals surface area contributed by atoms with Crippen LogP contribution >= 0.6 is 0 Å². The number of benzene rings is 1. The van der Waals surface area contributed by atoms with Crippen molar-refractivity contribution in [3.63, 3.8) is 0 Å². The van der Waals surface area contributed by atoms with Gasteiger partial charge in [-0.1, -0.05) is 0 Å². The van der Waals surface area contributed by atoms with Gasteiger partial charge in [-0.25, -0.2) is 0 Å². The van der Waals surface area contributed by atoms with Gasteiger partial charge in [0.2, 0.25) is 5.75 Å². The molecule has 2 aliphatic heterocycles. The minimum Gasteiger partial charge on any atom is -0.493 e. The van der Waals surface area contributed by atoms with E-state index in [1.165, 1.54) is 18.4 Å². The molecule has 1 saturated heterocycles. The number of piperidine rings is 1. The average molecular weight is 334 g/mol. The molecule has 0 unspecified atom stereocenters. The first kappa shape index (κ1) is 17.4. The molecule has 1 aromatic rings. The van der Waals surface area contributed by atoms with Crippen LogP contribution in [0.3, 0.4) is 0 Å². The fourth-order valence-corrected chi connectivity index (χ4v) is 3.45. The molecule has 0 atom stereocenters. The van der Waals surface area contributed by atoms with Gasteiger partial charge in [0.1, 0.15) is 13.2 Å². The highest BCUT2D eigenvalue weighted by molar-refractivity contribution is 5.54. The van der Waals surface area contributed by atoms with Gasteiger partial charge in [0.15, 0.2) is 11.5 Å². The maximum absolute atomic E-state index is 5.71. The number of methoxy groups -OCH3 is 1. The molecule has 0 amide bonds. The number of hydrogen-bond donors (Lipinski definition) is 1. The second kappa shape index (κ2) is 7.19. The lowest BCUT2D eigenvalue weighted by Gasteiger charge is -2.41. The van der Waals surface area contributed by atoms with Gasteiger partial charge in [0.25, 0.3) is 0 Å². The summed E-state index contributed by atoms with van der Waals surface area (Å²) in [6.45, 7) is 11.2. The van der Waals surface area contributed by atoms with Crippen molar-refractivity contribution in [3.05, 3.63) is 17.7 Å².